The molecule has 6 N–H and O–H groups in total. The van der Waals surface area contributed by atoms with E-state index in [1.165, 1.54) is 18.3 Å². The first-order valence-electron chi connectivity index (χ1n) is 10.4. The Kier molecular flexibility index (Phi) is 9.28. The minimum absolute atomic E-state index is 0.128. The molecule has 2 atom stereocenters. The van der Waals surface area contributed by atoms with E-state index in [9.17, 15) is 41.0 Å². The van der Waals surface area contributed by atoms with Crippen molar-refractivity contribution in [2.75, 3.05) is 0 Å². The predicted molar refractivity (Wildman–Crippen MR) is 118 cm³/mol. The van der Waals surface area contributed by atoms with E-state index in [2.05, 4.69) is 10.3 Å². The molecule has 3 aromatic rings. The number of carboxylic acid groups (broad SMARTS) is 2. The molecule has 0 aliphatic carbocycles. The maximum Gasteiger partial charge on any atom is 0.490 e. The van der Waals surface area contributed by atoms with Crippen LogP contribution in [0.4, 0.5) is 26.3 Å². The second-order valence-electron chi connectivity index (χ2n) is 7.74. The van der Waals surface area contributed by atoms with E-state index >= 15 is 0 Å². The molecule has 200 valence electrons. The number of benzene rings is 2. The summed E-state index contributed by atoms with van der Waals surface area (Å²) < 4.78 is 71.3. The summed E-state index contributed by atoms with van der Waals surface area (Å²) in [6.45, 7) is 0. The Labute approximate surface area is 205 Å². The monoisotopic (exact) mass is 533 g/mol. The first-order chi connectivity index (χ1) is 17.1. The maximum atomic E-state index is 13.2. The van der Waals surface area contributed by atoms with Crippen molar-refractivity contribution in [3.05, 3.63) is 71.4 Å². The Morgan fingerprint density at radius 3 is 2.03 bits per heavy atom. The molecular weight excluding hydrogens is 512 g/mol. The second kappa shape index (κ2) is 11.8. The molecule has 2 aromatic carbocycles. The Balaban J connectivity index is 0.000000604. The van der Waals surface area contributed by atoms with Gasteiger partial charge in [-0.05, 0) is 23.6 Å². The van der Waals surface area contributed by atoms with Crippen LogP contribution in [0.15, 0.2) is 54.7 Å². The molecule has 0 unspecified atom stereocenters. The smallest absolute Gasteiger partial charge is 0.480 e. The van der Waals surface area contributed by atoms with Crippen LogP contribution in [0.25, 0.3) is 10.9 Å². The topological polar surface area (TPSA) is 146 Å². The zero-order valence-electron chi connectivity index (χ0n) is 18.7. The van der Waals surface area contributed by atoms with Gasteiger partial charge in [0.25, 0.3) is 0 Å². The molecule has 0 aliphatic rings. The quantitative estimate of drug-likeness (QED) is 0.294. The van der Waals surface area contributed by atoms with Gasteiger partial charge in [0.2, 0.25) is 5.91 Å². The second-order valence-corrected chi connectivity index (χ2v) is 7.74. The first kappa shape index (κ1) is 29.2. The Bertz CT molecular complexity index is 1240. The van der Waals surface area contributed by atoms with Crippen LogP contribution in [0.2, 0.25) is 0 Å². The number of rotatable bonds is 7. The summed E-state index contributed by atoms with van der Waals surface area (Å²) in [6, 6.07) is 10.4. The number of hydrogen-bond donors (Lipinski definition) is 5. The number of aromatic amines is 1. The average Bonchev–Trinajstić information content (AvgIpc) is 3.21. The number of aromatic nitrogens is 1. The summed E-state index contributed by atoms with van der Waals surface area (Å²) in [7, 11) is 0. The van der Waals surface area contributed by atoms with Crippen LogP contribution >= 0.6 is 0 Å². The van der Waals surface area contributed by atoms with E-state index < -0.39 is 47.8 Å². The van der Waals surface area contributed by atoms with Crippen LogP contribution in [0, 0.1) is 0 Å². The largest absolute Gasteiger partial charge is 0.490 e. The van der Waals surface area contributed by atoms with Crippen molar-refractivity contribution in [1.29, 1.82) is 0 Å². The van der Waals surface area contributed by atoms with Crippen LogP contribution < -0.4 is 11.1 Å². The van der Waals surface area contributed by atoms with Gasteiger partial charge in [0, 0.05) is 18.0 Å². The molecule has 0 spiro atoms. The Morgan fingerprint density at radius 2 is 1.51 bits per heavy atom. The van der Waals surface area contributed by atoms with Gasteiger partial charge in [-0.25, -0.2) is 9.59 Å². The van der Waals surface area contributed by atoms with E-state index in [1.54, 1.807) is 24.3 Å². The number of nitrogens with two attached hydrogens (primary N) is 1. The fourth-order valence-electron chi connectivity index (χ4n) is 3.28. The zero-order valence-corrected chi connectivity index (χ0v) is 18.7. The van der Waals surface area contributed by atoms with Crippen molar-refractivity contribution in [2.45, 2.75) is 37.3 Å². The van der Waals surface area contributed by atoms with E-state index in [1.807, 2.05) is 6.07 Å². The van der Waals surface area contributed by atoms with Crippen molar-refractivity contribution in [2.24, 2.45) is 5.73 Å². The fourth-order valence-corrected chi connectivity index (χ4v) is 3.28. The maximum absolute atomic E-state index is 13.2. The molecule has 1 heterocycles. The Hall–Kier alpha value is -4.07. The summed E-state index contributed by atoms with van der Waals surface area (Å²) in [5, 5.41) is 19.3. The number of alkyl halides is 6. The SMILES string of the molecule is N[C@@H](Cc1ccccc1)C(=O)N[C@@H](Cc1c[nH]c2c(C(F)(F)F)cccc12)C(=O)O.O=C(O)C(F)(F)F. The zero-order chi connectivity index (χ0) is 28.0. The van der Waals surface area contributed by atoms with Gasteiger partial charge in [0.15, 0.2) is 0 Å². The fraction of sp³-hybridized carbons (Fsp3) is 0.261. The van der Waals surface area contributed by atoms with E-state index in [0.29, 0.717) is 5.56 Å². The van der Waals surface area contributed by atoms with Gasteiger partial charge in [0.1, 0.15) is 6.04 Å². The highest BCUT2D eigenvalue weighted by Gasteiger charge is 2.38. The summed E-state index contributed by atoms with van der Waals surface area (Å²) in [5.74, 6) is -4.72. The van der Waals surface area contributed by atoms with Crippen molar-refractivity contribution < 1.29 is 50.9 Å². The van der Waals surface area contributed by atoms with Crippen LogP contribution in [0.5, 0.6) is 0 Å². The lowest BCUT2D eigenvalue weighted by Gasteiger charge is -2.18. The lowest BCUT2D eigenvalue weighted by Crippen LogP contribution is -2.50. The third kappa shape index (κ3) is 8.24. The lowest BCUT2D eigenvalue weighted by atomic mass is 10.0. The van der Waals surface area contributed by atoms with Gasteiger partial charge >= 0.3 is 24.3 Å². The van der Waals surface area contributed by atoms with E-state index in [4.69, 9.17) is 15.6 Å². The molecule has 0 fully saturated rings. The van der Waals surface area contributed by atoms with E-state index in [-0.39, 0.29) is 23.7 Å². The number of halogens is 6. The normalized spacial score (nSPS) is 13.3. The highest BCUT2D eigenvalue weighted by Crippen LogP contribution is 2.35. The lowest BCUT2D eigenvalue weighted by molar-refractivity contribution is -0.192. The number of para-hydroxylation sites is 1. The average molecular weight is 533 g/mol. The first-order valence-corrected chi connectivity index (χ1v) is 10.4. The van der Waals surface area contributed by atoms with Crippen LogP contribution in [0.3, 0.4) is 0 Å². The molecule has 3 rings (SSSR count). The van der Waals surface area contributed by atoms with Crippen LogP contribution in [-0.4, -0.2) is 51.3 Å². The molecule has 14 heteroatoms. The number of amides is 1. The van der Waals surface area contributed by atoms with Crippen LogP contribution in [0.1, 0.15) is 16.7 Å². The van der Waals surface area contributed by atoms with Crippen molar-refractivity contribution in [1.82, 2.24) is 10.3 Å². The number of carbonyl (C=O) groups is 3. The van der Waals surface area contributed by atoms with Crippen molar-refractivity contribution in [3.8, 4) is 0 Å². The molecule has 8 nitrogen and oxygen atoms in total. The number of carbonyl (C=O) groups excluding carboxylic acids is 1. The number of H-pyrrole nitrogens is 1. The minimum Gasteiger partial charge on any atom is -0.480 e. The third-order valence-electron chi connectivity index (χ3n) is 5.02. The molecular formula is C23H21F6N3O5. The molecule has 37 heavy (non-hydrogen) atoms. The summed E-state index contributed by atoms with van der Waals surface area (Å²) in [5.41, 5.74) is 6.09. The summed E-state index contributed by atoms with van der Waals surface area (Å²) in [6.07, 6.45) is -8.28. The molecule has 0 bridgehead atoms. The summed E-state index contributed by atoms with van der Waals surface area (Å²) in [4.78, 5) is 35.5. The van der Waals surface area contributed by atoms with Gasteiger partial charge in [-0.3, -0.25) is 4.79 Å². The number of aliphatic carboxylic acids is 2. The van der Waals surface area contributed by atoms with Crippen molar-refractivity contribution in [3.63, 3.8) is 0 Å². The minimum atomic E-state index is -5.08. The molecule has 0 saturated heterocycles. The standard InChI is InChI=1S/C21H20F3N3O3.C2HF3O2/c22-21(23,24)15-8-4-7-14-13(11-26-18(14)15)10-17(20(29)30)27-19(28)16(25)9-12-5-2-1-3-6-12;3-2(4,5)1(6)7/h1-8,11,16-17,26H,9-10,25H2,(H,27,28)(H,29,30);(H,6,7)/t16-,17-;/m0./s1. The molecule has 0 aliphatic heterocycles. The van der Waals surface area contributed by atoms with Gasteiger partial charge in [0.05, 0.1) is 17.1 Å². The van der Waals surface area contributed by atoms with E-state index in [0.717, 1.165) is 11.6 Å². The molecule has 0 radical (unpaired) electrons. The van der Waals surface area contributed by atoms with Gasteiger partial charge in [-0.2, -0.15) is 26.3 Å². The van der Waals surface area contributed by atoms with Gasteiger partial charge in [-0.15, -0.1) is 0 Å². The molecule has 0 saturated carbocycles. The summed E-state index contributed by atoms with van der Waals surface area (Å²) >= 11 is 0. The predicted octanol–water partition coefficient (Wildman–Crippen LogP) is 3.50. The van der Waals surface area contributed by atoms with Crippen molar-refractivity contribution >= 4 is 28.7 Å². The number of carboxylic acids is 2. The number of fused-ring (bicyclic) bond motifs is 1. The van der Waals surface area contributed by atoms with Gasteiger partial charge in [-0.1, -0.05) is 42.5 Å². The number of nitrogens with one attached hydrogen (secondary N) is 2. The highest BCUT2D eigenvalue weighted by atomic mass is 19.4. The van der Waals surface area contributed by atoms with Gasteiger partial charge < -0.3 is 26.2 Å². The third-order valence-corrected chi connectivity index (χ3v) is 5.02. The Morgan fingerprint density at radius 1 is 0.919 bits per heavy atom. The highest BCUT2D eigenvalue weighted by molar-refractivity contribution is 5.89. The molecule has 1 amide bonds. The van der Waals surface area contributed by atoms with Crippen LogP contribution in [-0.2, 0) is 33.4 Å². The number of hydrogen-bond acceptors (Lipinski definition) is 4. The molecule has 1 aromatic heterocycles.